The zero-order chi connectivity index (χ0) is 14.8. The van der Waals surface area contributed by atoms with Crippen LogP contribution in [-0.4, -0.2) is 24.5 Å². The number of hydrogen-bond donors (Lipinski definition) is 0. The van der Waals surface area contributed by atoms with Crippen LogP contribution in [0.2, 0.25) is 0 Å². The van der Waals surface area contributed by atoms with Crippen molar-refractivity contribution in [3.8, 4) is 0 Å². The predicted molar refractivity (Wildman–Crippen MR) is 89.5 cm³/mol. The summed E-state index contributed by atoms with van der Waals surface area (Å²) in [6.07, 6.45) is 11.6. The molecule has 0 N–H and O–H groups in total. The van der Waals surface area contributed by atoms with Crippen LogP contribution in [0.5, 0.6) is 0 Å². The molecule has 2 nitrogen and oxygen atoms in total. The van der Waals surface area contributed by atoms with Gasteiger partial charge in [-0.2, -0.15) is 0 Å². The quantitative estimate of drug-likeness (QED) is 0.817. The lowest BCUT2D eigenvalue weighted by Crippen LogP contribution is -2.19. The van der Waals surface area contributed by atoms with E-state index in [1.165, 1.54) is 48.2 Å². The van der Waals surface area contributed by atoms with E-state index in [-0.39, 0.29) is 0 Å². The first kappa shape index (κ1) is 13.8. The average molecular weight is 293 g/mol. The van der Waals surface area contributed by atoms with Crippen LogP contribution >= 0.6 is 0 Å². The van der Waals surface area contributed by atoms with Gasteiger partial charge in [0.15, 0.2) is 0 Å². The number of rotatable bonds is 2. The van der Waals surface area contributed by atoms with Gasteiger partial charge in [-0.3, -0.25) is 4.90 Å². The predicted octanol–water partition coefficient (Wildman–Crippen LogP) is 4.00. The van der Waals surface area contributed by atoms with Crippen molar-refractivity contribution in [2.45, 2.75) is 32.3 Å². The average Bonchev–Trinajstić information content (AvgIpc) is 2.99. The molecule has 0 bridgehead atoms. The molecule has 22 heavy (non-hydrogen) atoms. The Morgan fingerprint density at radius 3 is 2.77 bits per heavy atom. The molecule has 0 radical (unpaired) electrons. The summed E-state index contributed by atoms with van der Waals surface area (Å²) >= 11 is 0. The summed E-state index contributed by atoms with van der Waals surface area (Å²) in [6, 6.07) is 8.67. The third kappa shape index (κ3) is 2.76. The molecule has 0 atom stereocenters. The van der Waals surface area contributed by atoms with E-state index in [0.717, 1.165) is 25.1 Å². The minimum atomic E-state index is 0.693. The molecule has 1 saturated heterocycles. The Balaban J connectivity index is 1.60. The summed E-state index contributed by atoms with van der Waals surface area (Å²) in [4.78, 5) is 2.55. The number of ether oxygens (including phenoxy) is 1. The van der Waals surface area contributed by atoms with Gasteiger partial charge < -0.3 is 4.74 Å². The number of nitrogens with zero attached hydrogens (tertiary/aromatic N) is 1. The fourth-order valence-electron chi connectivity index (χ4n) is 3.64. The van der Waals surface area contributed by atoms with Gasteiger partial charge in [0.1, 0.15) is 12.4 Å². The Bertz CT molecular complexity index is 647. The zero-order valence-corrected chi connectivity index (χ0v) is 13.1. The molecule has 0 spiro atoms. The zero-order valence-electron chi connectivity index (χ0n) is 13.1. The van der Waals surface area contributed by atoms with Gasteiger partial charge >= 0.3 is 0 Å². The molecule has 1 aromatic rings. The van der Waals surface area contributed by atoms with Crippen molar-refractivity contribution in [2.75, 3.05) is 19.6 Å². The summed E-state index contributed by atoms with van der Waals surface area (Å²) in [7, 11) is 0. The highest BCUT2D eigenvalue weighted by Crippen LogP contribution is 2.33. The monoisotopic (exact) mass is 293 g/mol. The molecule has 3 aliphatic rings. The standard InChI is InChI=1S/C20H23NO/c1-2-7-18-15-22-20-9-5-8-16(19(20)14-17(18)6-1)10-13-21-11-3-4-12-21/h1-2,5-7,9-10H,3-4,8,11-15H2/b16-10-. The second-order valence-corrected chi connectivity index (χ2v) is 6.42. The van der Waals surface area contributed by atoms with Crippen LogP contribution in [0.1, 0.15) is 30.4 Å². The lowest BCUT2D eigenvalue weighted by atomic mass is 9.90. The Morgan fingerprint density at radius 1 is 1.09 bits per heavy atom. The molecular weight excluding hydrogens is 270 g/mol. The maximum atomic E-state index is 6.07. The van der Waals surface area contributed by atoms with Crippen molar-refractivity contribution in [2.24, 2.45) is 0 Å². The smallest absolute Gasteiger partial charge is 0.123 e. The minimum Gasteiger partial charge on any atom is -0.489 e. The van der Waals surface area contributed by atoms with Crippen LogP contribution in [0.4, 0.5) is 0 Å². The molecule has 2 heterocycles. The Hall–Kier alpha value is -1.80. The Morgan fingerprint density at radius 2 is 1.91 bits per heavy atom. The van der Waals surface area contributed by atoms with E-state index >= 15 is 0 Å². The SMILES string of the molecule is C1=CC2=C(Cc3ccccc3CO2)/C(=C\CN2CCCC2)C1. The summed E-state index contributed by atoms with van der Waals surface area (Å²) in [5.74, 6) is 1.08. The van der Waals surface area contributed by atoms with Gasteiger partial charge in [0.25, 0.3) is 0 Å². The Labute approximate surface area is 132 Å². The van der Waals surface area contributed by atoms with Crippen molar-refractivity contribution in [1.29, 1.82) is 0 Å². The molecule has 0 aromatic heterocycles. The number of fused-ring (bicyclic) bond motifs is 1. The van der Waals surface area contributed by atoms with Gasteiger partial charge in [0, 0.05) is 18.5 Å². The van der Waals surface area contributed by atoms with Crippen molar-refractivity contribution in [3.05, 3.63) is 70.5 Å². The maximum Gasteiger partial charge on any atom is 0.123 e. The van der Waals surface area contributed by atoms with E-state index in [1.807, 2.05) is 0 Å². The van der Waals surface area contributed by atoms with Gasteiger partial charge in [0.05, 0.1) is 0 Å². The minimum absolute atomic E-state index is 0.693. The summed E-state index contributed by atoms with van der Waals surface area (Å²) in [5, 5.41) is 0. The number of allylic oxidation sites excluding steroid dienone is 4. The second kappa shape index (κ2) is 6.13. The molecule has 1 aromatic carbocycles. The highest BCUT2D eigenvalue weighted by atomic mass is 16.5. The maximum absolute atomic E-state index is 6.07. The summed E-state index contributed by atoms with van der Waals surface area (Å²) < 4.78 is 6.07. The van der Waals surface area contributed by atoms with Crippen molar-refractivity contribution < 1.29 is 4.74 Å². The molecule has 1 aliphatic carbocycles. The van der Waals surface area contributed by atoms with Gasteiger partial charge in [0.2, 0.25) is 0 Å². The van der Waals surface area contributed by atoms with Crippen molar-refractivity contribution in [1.82, 2.24) is 4.90 Å². The van der Waals surface area contributed by atoms with Gasteiger partial charge in [-0.05, 0) is 55.1 Å². The van der Waals surface area contributed by atoms with E-state index in [1.54, 1.807) is 0 Å². The van der Waals surface area contributed by atoms with E-state index in [0.29, 0.717) is 6.61 Å². The fraction of sp³-hybridized carbons (Fsp3) is 0.400. The van der Waals surface area contributed by atoms with Gasteiger partial charge in [-0.1, -0.05) is 36.4 Å². The third-order valence-electron chi connectivity index (χ3n) is 4.96. The highest BCUT2D eigenvalue weighted by Gasteiger charge is 2.20. The van der Waals surface area contributed by atoms with Crippen LogP contribution in [0.3, 0.4) is 0 Å². The first-order valence-electron chi connectivity index (χ1n) is 8.41. The fourth-order valence-corrected chi connectivity index (χ4v) is 3.64. The van der Waals surface area contributed by atoms with Crippen LogP contribution in [-0.2, 0) is 17.8 Å². The number of benzene rings is 1. The first-order chi connectivity index (χ1) is 10.9. The molecule has 0 unspecified atom stereocenters. The number of hydrogen-bond acceptors (Lipinski definition) is 2. The molecule has 114 valence electrons. The third-order valence-corrected chi connectivity index (χ3v) is 4.96. The molecular formula is C20H23NO. The van der Waals surface area contributed by atoms with Crippen molar-refractivity contribution in [3.63, 3.8) is 0 Å². The lowest BCUT2D eigenvalue weighted by Gasteiger charge is -2.19. The lowest BCUT2D eigenvalue weighted by molar-refractivity contribution is 0.210. The van der Waals surface area contributed by atoms with Gasteiger partial charge in [-0.25, -0.2) is 0 Å². The van der Waals surface area contributed by atoms with Crippen molar-refractivity contribution >= 4 is 0 Å². The molecule has 0 saturated carbocycles. The molecule has 2 heteroatoms. The van der Waals surface area contributed by atoms with E-state index in [4.69, 9.17) is 4.74 Å². The second-order valence-electron chi connectivity index (χ2n) is 6.42. The Kier molecular flexibility index (Phi) is 3.86. The topological polar surface area (TPSA) is 12.5 Å². The van der Waals surface area contributed by atoms with Crippen LogP contribution < -0.4 is 0 Å². The normalized spacial score (nSPS) is 23.2. The summed E-state index contributed by atoms with van der Waals surface area (Å²) in [5.41, 5.74) is 5.59. The summed E-state index contributed by atoms with van der Waals surface area (Å²) in [6.45, 7) is 4.29. The molecule has 1 fully saturated rings. The van der Waals surface area contributed by atoms with E-state index in [2.05, 4.69) is 47.4 Å². The molecule has 0 amide bonds. The van der Waals surface area contributed by atoms with Crippen LogP contribution in [0.25, 0.3) is 0 Å². The molecule has 4 rings (SSSR count). The van der Waals surface area contributed by atoms with Crippen LogP contribution in [0, 0.1) is 0 Å². The van der Waals surface area contributed by atoms with E-state index < -0.39 is 0 Å². The largest absolute Gasteiger partial charge is 0.489 e. The highest BCUT2D eigenvalue weighted by molar-refractivity contribution is 5.48. The van der Waals surface area contributed by atoms with Gasteiger partial charge in [-0.15, -0.1) is 0 Å². The number of likely N-dealkylation sites (tertiary alicyclic amines) is 1. The first-order valence-corrected chi connectivity index (χ1v) is 8.41. The van der Waals surface area contributed by atoms with Crippen LogP contribution in [0.15, 0.2) is 59.4 Å². The van der Waals surface area contributed by atoms with E-state index in [9.17, 15) is 0 Å². The molecule has 2 aliphatic heterocycles.